The lowest BCUT2D eigenvalue weighted by Gasteiger charge is -2.22. The Hall–Kier alpha value is -1.63. The highest BCUT2D eigenvalue weighted by Gasteiger charge is 2.22. The summed E-state index contributed by atoms with van der Waals surface area (Å²) in [5.74, 6) is -1.46. The van der Waals surface area contributed by atoms with E-state index in [9.17, 15) is 9.59 Å². The second-order valence-electron chi connectivity index (χ2n) is 4.05. The van der Waals surface area contributed by atoms with E-state index in [2.05, 4.69) is 10.6 Å². The molecule has 6 nitrogen and oxygen atoms in total. The summed E-state index contributed by atoms with van der Waals surface area (Å²) in [6.45, 7) is 1.62. The summed E-state index contributed by atoms with van der Waals surface area (Å²) < 4.78 is 5.30. The van der Waals surface area contributed by atoms with Gasteiger partial charge >= 0.3 is 5.97 Å². The first-order valence-electron chi connectivity index (χ1n) is 5.74. The van der Waals surface area contributed by atoms with E-state index in [4.69, 9.17) is 21.4 Å². The van der Waals surface area contributed by atoms with Crippen molar-refractivity contribution in [3.05, 3.63) is 28.8 Å². The quantitative estimate of drug-likeness (QED) is 0.770. The summed E-state index contributed by atoms with van der Waals surface area (Å²) in [5, 5.41) is 14.7. The number of carbonyl (C=O) groups excluding carboxylic acids is 1. The maximum absolute atomic E-state index is 11.9. The Bertz CT molecular complexity index is 501. The minimum absolute atomic E-state index is 0.0536. The molecule has 19 heavy (non-hydrogen) atoms. The summed E-state index contributed by atoms with van der Waals surface area (Å²) >= 11 is 5.75. The molecule has 0 radical (unpaired) electrons. The van der Waals surface area contributed by atoms with Gasteiger partial charge in [0.05, 0.1) is 17.2 Å². The molecule has 0 spiro atoms. The summed E-state index contributed by atoms with van der Waals surface area (Å²) in [6, 6.07) is 4.29. The molecule has 7 heteroatoms. The van der Waals surface area contributed by atoms with Gasteiger partial charge in [0, 0.05) is 18.8 Å². The van der Waals surface area contributed by atoms with E-state index in [1.165, 1.54) is 12.1 Å². The van der Waals surface area contributed by atoms with Crippen molar-refractivity contribution in [3.8, 4) is 0 Å². The van der Waals surface area contributed by atoms with E-state index in [-0.39, 0.29) is 16.5 Å². The average Bonchev–Trinajstić information content (AvgIpc) is 2.41. The predicted octanol–water partition coefficient (Wildman–Crippen LogP) is 0.965. The van der Waals surface area contributed by atoms with Crippen molar-refractivity contribution in [2.75, 3.05) is 25.0 Å². The highest BCUT2D eigenvalue weighted by atomic mass is 35.5. The van der Waals surface area contributed by atoms with Gasteiger partial charge in [0.2, 0.25) is 0 Å². The van der Waals surface area contributed by atoms with E-state index < -0.39 is 12.1 Å². The normalized spacial score (nSPS) is 18.9. The van der Waals surface area contributed by atoms with Gasteiger partial charge in [-0.15, -0.1) is 0 Å². The first-order chi connectivity index (χ1) is 9.08. The summed E-state index contributed by atoms with van der Waals surface area (Å²) in [6.07, 6.45) is -0.572. The maximum Gasteiger partial charge on any atom is 0.337 e. The van der Waals surface area contributed by atoms with Crippen molar-refractivity contribution < 1.29 is 19.4 Å². The van der Waals surface area contributed by atoms with Gasteiger partial charge in [-0.05, 0) is 18.2 Å². The van der Waals surface area contributed by atoms with Crippen LogP contribution in [0.2, 0.25) is 5.02 Å². The van der Waals surface area contributed by atoms with Gasteiger partial charge in [0.25, 0.3) is 5.91 Å². The number of morpholine rings is 1. The second kappa shape index (κ2) is 6.01. The Morgan fingerprint density at radius 2 is 2.26 bits per heavy atom. The summed E-state index contributed by atoms with van der Waals surface area (Å²) in [7, 11) is 0. The highest BCUT2D eigenvalue weighted by Crippen LogP contribution is 2.20. The molecule has 1 aliphatic heterocycles. The van der Waals surface area contributed by atoms with Crippen molar-refractivity contribution in [2.45, 2.75) is 6.10 Å². The molecule has 0 aromatic heterocycles. The Balaban J connectivity index is 2.08. The first-order valence-corrected chi connectivity index (χ1v) is 6.12. The maximum atomic E-state index is 11.9. The number of carboxylic acid groups (broad SMARTS) is 1. The van der Waals surface area contributed by atoms with Crippen LogP contribution in [0.25, 0.3) is 0 Å². The molecule has 1 heterocycles. The molecule has 1 aromatic carbocycles. The number of carbonyl (C=O) groups is 2. The molecule has 1 saturated heterocycles. The number of nitrogens with one attached hydrogen (secondary N) is 2. The molecule has 1 aromatic rings. The van der Waals surface area contributed by atoms with Gasteiger partial charge in [-0.2, -0.15) is 0 Å². The zero-order valence-corrected chi connectivity index (χ0v) is 10.7. The van der Waals surface area contributed by atoms with Crippen molar-refractivity contribution in [1.82, 2.24) is 5.32 Å². The number of carboxylic acids is 1. The number of anilines is 1. The van der Waals surface area contributed by atoms with Gasteiger partial charge in [-0.3, -0.25) is 4.79 Å². The van der Waals surface area contributed by atoms with Crippen molar-refractivity contribution in [3.63, 3.8) is 0 Å². The molecule has 3 N–H and O–H groups in total. The van der Waals surface area contributed by atoms with Crippen molar-refractivity contribution in [2.24, 2.45) is 0 Å². The molecule has 1 atom stereocenters. The Morgan fingerprint density at radius 1 is 1.47 bits per heavy atom. The fourth-order valence-corrected chi connectivity index (χ4v) is 1.92. The largest absolute Gasteiger partial charge is 0.478 e. The Morgan fingerprint density at radius 3 is 2.89 bits per heavy atom. The molecule has 2 rings (SSSR count). The van der Waals surface area contributed by atoms with E-state index in [1.807, 2.05) is 0 Å². The molecule has 1 amide bonds. The lowest BCUT2D eigenvalue weighted by atomic mass is 10.2. The van der Waals surface area contributed by atoms with Crippen molar-refractivity contribution in [1.29, 1.82) is 0 Å². The number of hydrogen-bond donors (Lipinski definition) is 3. The van der Waals surface area contributed by atoms with Crippen LogP contribution >= 0.6 is 11.6 Å². The van der Waals surface area contributed by atoms with Gasteiger partial charge in [0.15, 0.2) is 0 Å². The minimum atomic E-state index is -1.14. The third kappa shape index (κ3) is 3.44. The predicted molar refractivity (Wildman–Crippen MR) is 69.7 cm³/mol. The number of amides is 1. The second-order valence-corrected chi connectivity index (χ2v) is 4.46. The SMILES string of the molecule is O=C(O)c1cc(NC(=O)C2CNCCO2)ccc1Cl. The van der Waals surface area contributed by atoms with E-state index in [0.29, 0.717) is 25.4 Å². The van der Waals surface area contributed by atoms with Crippen LogP contribution in [0.1, 0.15) is 10.4 Å². The number of benzene rings is 1. The average molecular weight is 285 g/mol. The molecular weight excluding hydrogens is 272 g/mol. The Labute approximate surface area is 114 Å². The van der Waals surface area contributed by atoms with Crippen LogP contribution in [0.4, 0.5) is 5.69 Å². The zero-order chi connectivity index (χ0) is 13.8. The smallest absolute Gasteiger partial charge is 0.337 e. The fraction of sp³-hybridized carbons (Fsp3) is 0.333. The molecule has 1 aliphatic rings. The van der Waals surface area contributed by atoms with Gasteiger partial charge in [-0.25, -0.2) is 4.79 Å². The monoisotopic (exact) mass is 284 g/mol. The Kier molecular flexibility index (Phi) is 4.36. The van der Waals surface area contributed by atoms with E-state index >= 15 is 0 Å². The first kappa shape index (κ1) is 13.8. The van der Waals surface area contributed by atoms with Gasteiger partial charge in [-0.1, -0.05) is 11.6 Å². The van der Waals surface area contributed by atoms with Crippen LogP contribution in [-0.4, -0.2) is 42.8 Å². The number of aromatic carboxylic acids is 1. The van der Waals surface area contributed by atoms with E-state index in [1.54, 1.807) is 6.07 Å². The van der Waals surface area contributed by atoms with Crippen LogP contribution in [0.3, 0.4) is 0 Å². The molecule has 102 valence electrons. The number of rotatable bonds is 3. The zero-order valence-electron chi connectivity index (χ0n) is 9.98. The number of ether oxygens (including phenoxy) is 1. The number of hydrogen-bond acceptors (Lipinski definition) is 4. The van der Waals surface area contributed by atoms with Crippen molar-refractivity contribution >= 4 is 29.2 Å². The molecule has 0 aliphatic carbocycles. The molecular formula is C12H13ClN2O4. The molecule has 1 unspecified atom stereocenters. The van der Waals surface area contributed by atoms with Crippen LogP contribution in [-0.2, 0) is 9.53 Å². The number of halogens is 1. The molecule has 0 saturated carbocycles. The summed E-state index contributed by atoms with van der Waals surface area (Å²) in [5.41, 5.74) is 0.322. The minimum Gasteiger partial charge on any atom is -0.478 e. The standard InChI is InChI=1S/C12H13ClN2O4/c13-9-2-1-7(5-8(9)12(17)18)15-11(16)10-6-14-3-4-19-10/h1-2,5,10,14H,3-4,6H2,(H,15,16)(H,17,18). The van der Waals surface area contributed by atoms with Crippen LogP contribution in [0.5, 0.6) is 0 Å². The topological polar surface area (TPSA) is 87.7 Å². The van der Waals surface area contributed by atoms with Gasteiger partial charge in [0.1, 0.15) is 6.10 Å². The van der Waals surface area contributed by atoms with Crippen LogP contribution < -0.4 is 10.6 Å². The molecule has 1 fully saturated rings. The third-order valence-electron chi connectivity index (χ3n) is 2.68. The van der Waals surface area contributed by atoms with E-state index in [0.717, 1.165) is 0 Å². The van der Waals surface area contributed by atoms with Crippen LogP contribution in [0, 0.1) is 0 Å². The lowest BCUT2D eigenvalue weighted by Crippen LogP contribution is -2.45. The lowest BCUT2D eigenvalue weighted by molar-refractivity contribution is -0.128. The van der Waals surface area contributed by atoms with Gasteiger partial charge < -0.3 is 20.5 Å². The van der Waals surface area contributed by atoms with Crippen LogP contribution in [0.15, 0.2) is 18.2 Å². The molecule has 0 bridgehead atoms. The highest BCUT2D eigenvalue weighted by molar-refractivity contribution is 6.33. The fourth-order valence-electron chi connectivity index (χ4n) is 1.72. The third-order valence-corrected chi connectivity index (χ3v) is 3.01. The summed E-state index contributed by atoms with van der Waals surface area (Å²) in [4.78, 5) is 22.8.